The van der Waals surface area contributed by atoms with E-state index >= 15 is 0 Å². The van der Waals surface area contributed by atoms with Gasteiger partial charge < -0.3 is 24.3 Å². The van der Waals surface area contributed by atoms with E-state index < -0.39 is 0 Å². The van der Waals surface area contributed by atoms with Crippen molar-refractivity contribution in [3.8, 4) is 28.5 Å². The lowest BCUT2D eigenvalue weighted by molar-refractivity contribution is 0.105. The van der Waals surface area contributed by atoms with Gasteiger partial charge in [0.05, 0.1) is 37.3 Å². The van der Waals surface area contributed by atoms with Crippen molar-refractivity contribution in [2.75, 3.05) is 19.0 Å². The fourth-order valence-corrected chi connectivity index (χ4v) is 4.47. The van der Waals surface area contributed by atoms with Crippen molar-refractivity contribution in [1.82, 2.24) is 30.1 Å². The third-order valence-corrected chi connectivity index (χ3v) is 6.41. The molecule has 3 aromatic carbocycles. The van der Waals surface area contributed by atoms with Gasteiger partial charge in [0, 0.05) is 30.1 Å². The Labute approximate surface area is 230 Å². The van der Waals surface area contributed by atoms with Crippen LogP contribution in [0.5, 0.6) is 5.75 Å². The minimum atomic E-state index is -0.145. The van der Waals surface area contributed by atoms with Crippen LogP contribution in [0.3, 0.4) is 0 Å². The van der Waals surface area contributed by atoms with E-state index in [1.807, 2.05) is 42.5 Å². The van der Waals surface area contributed by atoms with E-state index in [4.69, 9.17) is 19.0 Å². The number of aromatic nitrogens is 6. The number of anilines is 1. The van der Waals surface area contributed by atoms with Crippen LogP contribution in [0.25, 0.3) is 33.5 Å². The Morgan fingerprint density at radius 3 is 2.73 bits per heavy atom. The normalized spacial score (nSPS) is 11.9. The summed E-state index contributed by atoms with van der Waals surface area (Å²) in [5.41, 5.74) is 3.55. The van der Waals surface area contributed by atoms with Gasteiger partial charge in [-0.15, -0.1) is 0 Å². The van der Waals surface area contributed by atoms with Crippen LogP contribution in [0, 0.1) is 0 Å². The quantitative estimate of drug-likeness (QED) is 0.228. The van der Waals surface area contributed by atoms with E-state index in [0.717, 1.165) is 27.9 Å². The van der Waals surface area contributed by atoms with Gasteiger partial charge in [0.2, 0.25) is 5.95 Å². The zero-order valence-electron chi connectivity index (χ0n) is 21.8. The number of H-pyrrole nitrogens is 1. The molecule has 3 heterocycles. The Kier molecular flexibility index (Phi) is 7.40. The summed E-state index contributed by atoms with van der Waals surface area (Å²) in [7, 11) is 1.60. The van der Waals surface area contributed by atoms with E-state index in [9.17, 15) is 0 Å². The summed E-state index contributed by atoms with van der Waals surface area (Å²) in [6.45, 7) is 0.527. The van der Waals surface area contributed by atoms with Crippen LogP contribution in [0.4, 0.5) is 5.95 Å². The summed E-state index contributed by atoms with van der Waals surface area (Å²) in [6, 6.07) is 23.8. The minimum absolute atomic E-state index is 0.145. The molecule has 200 valence electrons. The lowest BCUT2D eigenvalue weighted by Gasteiger charge is -2.18. The molecule has 0 saturated heterocycles. The zero-order valence-corrected chi connectivity index (χ0v) is 21.8. The monoisotopic (exact) mass is 533 g/mol. The molecule has 0 aliphatic carbocycles. The van der Waals surface area contributed by atoms with Crippen molar-refractivity contribution in [3.05, 3.63) is 103 Å². The first-order valence-electron chi connectivity index (χ1n) is 12.8. The second-order valence-electron chi connectivity index (χ2n) is 9.18. The molecule has 6 rings (SSSR count). The van der Waals surface area contributed by atoms with Crippen LogP contribution in [-0.4, -0.2) is 49.8 Å². The average molecular weight is 534 g/mol. The maximum Gasteiger partial charge on any atom is 0.261 e. The number of nitrogens with zero attached hydrogens (tertiary/aromatic N) is 5. The Hall–Kier alpha value is -5.09. The number of benzene rings is 3. The van der Waals surface area contributed by atoms with Gasteiger partial charge in [-0.1, -0.05) is 53.7 Å². The number of methoxy groups -OCH3 is 1. The van der Waals surface area contributed by atoms with Crippen LogP contribution < -0.4 is 10.1 Å². The molecule has 0 fully saturated rings. The molecule has 6 aromatic rings. The Bertz CT molecular complexity index is 1700. The number of nitrogens with one attached hydrogen (secondary N) is 2. The van der Waals surface area contributed by atoms with Crippen molar-refractivity contribution >= 4 is 16.7 Å². The fraction of sp³-hybridized carbons (Fsp3) is 0.167. The number of imidazole rings is 1. The predicted molar refractivity (Wildman–Crippen MR) is 151 cm³/mol. The van der Waals surface area contributed by atoms with Crippen LogP contribution in [0.15, 0.2) is 96.0 Å². The molecular formula is C30H27N7O3. The van der Waals surface area contributed by atoms with E-state index in [0.29, 0.717) is 36.4 Å². The van der Waals surface area contributed by atoms with Crippen LogP contribution in [0.2, 0.25) is 0 Å². The average Bonchev–Trinajstić information content (AvgIpc) is 3.69. The summed E-state index contributed by atoms with van der Waals surface area (Å²) in [5.74, 6) is 1.99. The van der Waals surface area contributed by atoms with Crippen LogP contribution in [-0.2, 0) is 17.8 Å². The van der Waals surface area contributed by atoms with Gasteiger partial charge in [-0.3, -0.25) is 0 Å². The maximum absolute atomic E-state index is 6.00. The van der Waals surface area contributed by atoms with Gasteiger partial charge in [-0.05, 0) is 35.0 Å². The summed E-state index contributed by atoms with van der Waals surface area (Å²) in [5, 5.41) is 9.83. The third-order valence-electron chi connectivity index (χ3n) is 6.41. The van der Waals surface area contributed by atoms with E-state index in [-0.39, 0.29) is 12.6 Å². The highest BCUT2D eigenvalue weighted by atomic mass is 16.5. The van der Waals surface area contributed by atoms with Crippen molar-refractivity contribution in [1.29, 1.82) is 0 Å². The molecule has 1 atom stereocenters. The largest absolute Gasteiger partial charge is 0.496 e. The second kappa shape index (κ2) is 11.7. The molecule has 0 radical (unpaired) electrons. The van der Waals surface area contributed by atoms with Gasteiger partial charge in [0.25, 0.3) is 5.89 Å². The Balaban J connectivity index is 1.15. The molecule has 40 heavy (non-hydrogen) atoms. The van der Waals surface area contributed by atoms with Gasteiger partial charge in [0.1, 0.15) is 12.4 Å². The SMILES string of the molecule is COc1ccccc1-c1nc(COCC(Cc2cnc[nH]2)Nc2nccc(-c3ccc4ccccc4c3)n2)no1. The fourth-order valence-electron chi connectivity index (χ4n) is 4.47. The Morgan fingerprint density at radius 2 is 1.85 bits per heavy atom. The van der Waals surface area contributed by atoms with Crippen LogP contribution in [0.1, 0.15) is 11.5 Å². The summed E-state index contributed by atoms with van der Waals surface area (Å²) in [6.07, 6.45) is 5.83. The number of fused-ring (bicyclic) bond motifs is 1. The smallest absolute Gasteiger partial charge is 0.261 e. The van der Waals surface area contributed by atoms with Crippen molar-refractivity contribution in [2.24, 2.45) is 0 Å². The first kappa shape index (κ1) is 25.2. The molecule has 0 amide bonds. The number of aromatic amines is 1. The molecule has 10 heteroatoms. The lowest BCUT2D eigenvalue weighted by Crippen LogP contribution is -2.29. The molecule has 2 N–H and O–H groups in total. The molecular weight excluding hydrogens is 506 g/mol. The zero-order chi connectivity index (χ0) is 27.1. The number of para-hydroxylation sites is 1. The van der Waals surface area contributed by atoms with E-state index in [2.05, 4.69) is 60.7 Å². The highest BCUT2D eigenvalue weighted by Crippen LogP contribution is 2.28. The van der Waals surface area contributed by atoms with Crippen molar-refractivity contribution in [2.45, 2.75) is 19.1 Å². The predicted octanol–water partition coefficient (Wildman–Crippen LogP) is 5.32. The van der Waals surface area contributed by atoms with Crippen LogP contribution >= 0.6 is 0 Å². The topological polar surface area (TPSA) is 124 Å². The maximum atomic E-state index is 6.00. The van der Waals surface area contributed by atoms with Crippen molar-refractivity contribution in [3.63, 3.8) is 0 Å². The van der Waals surface area contributed by atoms with Crippen molar-refractivity contribution < 1.29 is 14.0 Å². The minimum Gasteiger partial charge on any atom is -0.496 e. The highest BCUT2D eigenvalue weighted by molar-refractivity contribution is 5.86. The van der Waals surface area contributed by atoms with E-state index in [1.54, 1.807) is 25.8 Å². The van der Waals surface area contributed by atoms with Gasteiger partial charge in [-0.25, -0.2) is 15.0 Å². The van der Waals surface area contributed by atoms with Gasteiger partial charge in [0.15, 0.2) is 5.82 Å². The number of ether oxygens (including phenoxy) is 2. The Morgan fingerprint density at radius 1 is 0.975 bits per heavy atom. The molecule has 0 spiro atoms. The molecule has 3 aromatic heterocycles. The first-order chi connectivity index (χ1) is 19.7. The molecule has 0 saturated carbocycles. The lowest BCUT2D eigenvalue weighted by atomic mass is 10.1. The number of hydrogen-bond donors (Lipinski definition) is 2. The summed E-state index contributed by atoms with van der Waals surface area (Å²) < 4.78 is 16.8. The standard InChI is InChI=1S/C30H27N7O3/c1-38-27-9-5-4-8-25(27)29-36-28(37-40-29)18-39-17-24(15-23-16-31-19-33-23)34-30-32-13-12-26(35-30)22-11-10-20-6-2-3-7-21(20)14-22/h2-14,16,19,24H,15,17-18H2,1H3,(H,31,33)(H,32,34,35). The van der Waals surface area contributed by atoms with Gasteiger partial charge >= 0.3 is 0 Å². The number of hydrogen-bond acceptors (Lipinski definition) is 9. The molecule has 0 aliphatic heterocycles. The van der Waals surface area contributed by atoms with Gasteiger partial charge in [-0.2, -0.15) is 4.98 Å². The molecule has 10 nitrogen and oxygen atoms in total. The number of rotatable bonds is 11. The summed E-state index contributed by atoms with van der Waals surface area (Å²) in [4.78, 5) is 21.0. The third kappa shape index (κ3) is 5.82. The second-order valence-corrected chi connectivity index (χ2v) is 9.18. The molecule has 1 unspecified atom stereocenters. The molecule has 0 bridgehead atoms. The van der Waals surface area contributed by atoms with E-state index in [1.165, 1.54) is 5.39 Å². The molecule has 0 aliphatic rings. The first-order valence-corrected chi connectivity index (χ1v) is 12.8. The summed E-state index contributed by atoms with van der Waals surface area (Å²) >= 11 is 0. The highest BCUT2D eigenvalue weighted by Gasteiger charge is 2.16.